The maximum absolute atomic E-state index is 13.6. The zero-order valence-corrected chi connectivity index (χ0v) is 19.9. The average Bonchev–Trinajstić information content (AvgIpc) is 3.26. The zero-order chi connectivity index (χ0) is 26.9. The number of hydrogen-bond donors (Lipinski definition) is 1. The number of terminal acetylenes is 1. The summed E-state index contributed by atoms with van der Waals surface area (Å²) in [6.07, 6.45) is 12.3. The van der Waals surface area contributed by atoms with Crippen molar-refractivity contribution in [2.45, 2.75) is 33.5 Å². The molecule has 0 saturated carbocycles. The zero-order valence-electron chi connectivity index (χ0n) is 19.9. The van der Waals surface area contributed by atoms with E-state index in [1.165, 1.54) is 25.9 Å². The lowest BCUT2D eigenvalue weighted by Crippen LogP contribution is -2.08. The molecule has 0 amide bonds. The van der Waals surface area contributed by atoms with Crippen LogP contribution in [0.1, 0.15) is 31.9 Å². The Morgan fingerprint density at radius 3 is 2.46 bits per heavy atom. The van der Waals surface area contributed by atoms with Gasteiger partial charge < -0.3 is 4.74 Å². The van der Waals surface area contributed by atoms with Crippen molar-refractivity contribution < 1.29 is 22.3 Å². The lowest BCUT2D eigenvalue weighted by atomic mass is 10.1. The van der Waals surface area contributed by atoms with Crippen LogP contribution in [0.2, 0.25) is 0 Å². The number of nitrogens with zero attached hydrogens (tertiary/aromatic N) is 5. The van der Waals surface area contributed by atoms with E-state index in [1.807, 2.05) is 20.8 Å². The summed E-state index contributed by atoms with van der Waals surface area (Å²) in [6, 6.07) is 2.54. The van der Waals surface area contributed by atoms with Gasteiger partial charge in [0.2, 0.25) is 0 Å². The first-order valence-corrected chi connectivity index (χ1v) is 10.2. The number of halogens is 4. The van der Waals surface area contributed by atoms with Crippen LogP contribution in [0.5, 0.6) is 0 Å². The normalized spacial score (nSPS) is 10.5. The molecule has 0 unspecified atom stereocenters. The predicted octanol–water partition coefficient (Wildman–Crippen LogP) is 6.06. The third-order valence-corrected chi connectivity index (χ3v) is 3.63. The molecule has 0 aliphatic carbocycles. The summed E-state index contributed by atoms with van der Waals surface area (Å²) in [7, 11) is 1.53. The number of benzene rings is 1. The number of aromatic nitrogens is 4. The first-order valence-electron chi connectivity index (χ1n) is 10.2. The van der Waals surface area contributed by atoms with Crippen molar-refractivity contribution in [3.8, 4) is 12.8 Å². The Balaban J connectivity index is 0.00000150. The van der Waals surface area contributed by atoms with Crippen molar-refractivity contribution in [3.63, 3.8) is 0 Å². The summed E-state index contributed by atoms with van der Waals surface area (Å²) >= 11 is 0. The van der Waals surface area contributed by atoms with Gasteiger partial charge in [0.1, 0.15) is 12.1 Å². The first kappa shape index (κ1) is 30.8. The number of rotatable bonds is 6. The molecule has 3 aromatic rings. The number of nitrogens with one attached hydrogen (secondary N) is 1. The Kier molecular flexibility index (Phi) is 14.4. The van der Waals surface area contributed by atoms with Crippen molar-refractivity contribution in [1.82, 2.24) is 19.7 Å². The van der Waals surface area contributed by atoms with E-state index in [2.05, 4.69) is 45.0 Å². The van der Waals surface area contributed by atoms with Crippen molar-refractivity contribution in [1.29, 1.82) is 0 Å². The number of alkyl halides is 3. The Hall–Kier alpha value is -4.20. The molecule has 188 valence electrons. The van der Waals surface area contributed by atoms with E-state index < -0.39 is 17.6 Å². The Morgan fingerprint density at radius 1 is 1.23 bits per heavy atom. The van der Waals surface area contributed by atoms with Gasteiger partial charge in [0.15, 0.2) is 11.5 Å². The number of anilines is 1. The van der Waals surface area contributed by atoms with Crippen LogP contribution in [0.3, 0.4) is 0 Å². The lowest BCUT2D eigenvalue weighted by molar-refractivity contribution is -0.140. The van der Waals surface area contributed by atoms with Crippen LogP contribution in [0.15, 0.2) is 60.8 Å². The van der Waals surface area contributed by atoms with Crippen LogP contribution in [0.25, 0.3) is 11.0 Å². The van der Waals surface area contributed by atoms with E-state index in [-0.39, 0.29) is 5.56 Å². The van der Waals surface area contributed by atoms with Gasteiger partial charge in [-0.25, -0.2) is 19.0 Å². The molecule has 11 heteroatoms. The second-order valence-electron chi connectivity index (χ2n) is 5.91. The van der Waals surface area contributed by atoms with E-state index in [0.29, 0.717) is 29.5 Å². The molecule has 0 atom stereocenters. The molecule has 1 N–H and O–H groups in total. The molecule has 1 aromatic carbocycles. The second-order valence-corrected chi connectivity index (χ2v) is 5.91. The summed E-state index contributed by atoms with van der Waals surface area (Å²) < 4.78 is 57.8. The van der Waals surface area contributed by atoms with Crippen molar-refractivity contribution in [3.05, 3.63) is 72.7 Å². The molecule has 0 fully saturated rings. The highest BCUT2D eigenvalue weighted by Gasteiger charge is 2.33. The number of hydrazone groups is 1. The molecule has 0 spiro atoms. The highest BCUT2D eigenvalue weighted by Crippen LogP contribution is 2.31. The molecule has 2 heterocycles. The SMILES string of the molecule is C#C.C=CC.CC.CO/C=C/Cn1ncc2c(N/N=C/c3ccc(C(F)(F)F)c(F)c3)ncnc21. The van der Waals surface area contributed by atoms with E-state index in [1.54, 1.807) is 23.0 Å². The van der Waals surface area contributed by atoms with Crippen molar-refractivity contribution in [2.24, 2.45) is 5.10 Å². The number of fused-ring (bicyclic) bond motifs is 1. The fourth-order valence-corrected chi connectivity index (χ4v) is 2.36. The standard InChI is InChI=1S/C17H14F4N6O.C3H6.C2H6.C2H2/c1-28-6-2-5-27-16-12(9-25-27)15(22-10-23-16)26-24-8-11-3-4-13(14(18)7-11)17(19,20)21;1-3-2;2*1-2/h2-4,6-10H,5H2,1H3,(H,22,23,26);3H,1H2,2H3;1-2H3;1-2H/b6-2+,24-8+;;;. The van der Waals surface area contributed by atoms with Crippen LogP contribution in [-0.4, -0.2) is 33.1 Å². The maximum Gasteiger partial charge on any atom is 0.419 e. The molecule has 0 aliphatic heterocycles. The summed E-state index contributed by atoms with van der Waals surface area (Å²) in [5, 5.41) is 8.68. The van der Waals surface area contributed by atoms with Gasteiger partial charge in [0, 0.05) is 0 Å². The minimum absolute atomic E-state index is 0.156. The topological polar surface area (TPSA) is 77.2 Å². The third-order valence-electron chi connectivity index (χ3n) is 3.63. The van der Waals surface area contributed by atoms with E-state index in [4.69, 9.17) is 4.74 Å². The summed E-state index contributed by atoms with van der Waals surface area (Å²) in [4.78, 5) is 8.21. The van der Waals surface area contributed by atoms with Crippen LogP contribution in [0, 0.1) is 18.7 Å². The summed E-state index contributed by atoms with van der Waals surface area (Å²) in [6.45, 7) is 9.68. The fourth-order valence-electron chi connectivity index (χ4n) is 2.36. The highest BCUT2D eigenvalue weighted by atomic mass is 19.4. The van der Waals surface area contributed by atoms with Gasteiger partial charge in [-0.2, -0.15) is 23.4 Å². The Morgan fingerprint density at radius 2 is 1.89 bits per heavy atom. The second kappa shape index (κ2) is 16.4. The molecule has 35 heavy (non-hydrogen) atoms. The molecular formula is C24H28F4N6O. The smallest absolute Gasteiger partial charge is 0.419 e. The summed E-state index contributed by atoms with van der Waals surface area (Å²) in [5.74, 6) is -1.03. The molecule has 3 rings (SSSR count). The van der Waals surface area contributed by atoms with Crippen LogP contribution >= 0.6 is 0 Å². The van der Waals surface area contributed by atoms with Crippen molar-refractivity contribution >= 4 is 23.1 Å². The number of ether oxygens (including phenoxy) is 1. The molecule has 2 aromatic heterocycles. The molecular weight excluding hydrogens is 464 g/mol. The van der Waals surface area contributed by atoms with Gasteiger partial charge in [0.05, 0.1) is 43.3 Å². The molecule has 7 nitrogen and oxygen atoms in total. The van der Waals surface area contributed by atoms with Gasteiger partial charge in [-0.15, -0.1) is 19.4 Å². The van der Waals surface area contributed by atoms with E-state index in [0.717, 1.165) is 12.1 Å². The fraction of sp³-hybridized carbons (Fsp3) is 0.250. The molecule has 0 bridgehead atoms. The minimum atomic E-state index is -4.75. The van der Waals surface area contributed by atoms with Gasteiger partial charge >= 0.3 is 6.18 Å². The number of hydrogen-bond acceptors (Lipinski definition) is 6. The van der Waals surface area contributed by atoms with Crippen LogP contribution in [-0.2, 0) is 17.5 Å². The van der Waals surface area contributed by atoms with E-state index in [9.17, 15) is 17.6 Å². The van der Waals surface area contributed by atoms with Gasteiger partial charge in [-0.1, -0.05) is 26.0 Å². The Bertz CT molecular complexity index is 1120. The van der Waals surface area contributed by atoms with Crippen LogP contribution < -0.4 is 5.43 Å². The van der Waals surface area contributed by atoms with Gasteiger partial charge in [0.25, 0.3) is 0 Å². The van der Waals surface area contributed by atoms with E-state index >= 15 is 0 Å². The summed E-state index contributed by atoms with van der Waals surface area (Å²) in [5.41, 5.74) is 2.04. The highest BCUT2D eigenvalue weighted by molar-refractivity contribution is 5.87. The molecule has 0 saturated heterocycles. The average molecular weight is 493 g/mol. The van der Waals surface area contributed by atoms with Crippen LogP contribution in [0.4, 0.5) is 23.4 Å². The number of methoxy groups -OCH3 is 1. The van der Waals surface area contributed by atoms with Gasteiger partial charge in [-0.3, -0.25) is 5.43 Å². The molecule has 0 aliphatic rings. The Labute approximate surface area is 202 Å². The molecule has 0 radical (unpaired) electrons. The third kappa shape index (κ3) is 9.67. The monoisotopic (exact) mass is 492 g/mol. The minimum Gasteiger partial charge on any atom is -0.505 e. The largest absolute Gasteiger partial charge is 0.505 e. The quantitative estimate of drug-likeness (QED) is 0.113. The number of allylic oxidation sites excluding steroid dienone is 2. The predicted molar refractivity (Wildman–Crippen MR) is 131 cm³/mol. The van der Waals surface area contributed by atoms with Crippen molar-refractivity contribution in [2.75, 3.05) is 12.5 Å². The lowest BCUT2D eigenvalue weighted by Gasteiger charge is -2.07. The van der Waals surface area contributed by atoms with Gasteiger partial charge in [-0.05, 0) is 30.7 Å². The maximum atomic E-state index is 13.6. The first-order chi connectivity index (χ1) is 16.8.